The quantitative estimate of drug-likeness (QED) is 0.932. The van der Waals surface area contributed by atoms with Crippen molar-refractivity contribution in [3.63, 3.8) is 0 Å². The first-order valence-corrected chi connectivity index (χ1v) is 7.12. The van der Waals surface area contributed by atoms with Crippen LogP contribution in [0.2, 0.25) is 5.02 Å². The van der Waals surface area contributed by atoms with Gasteiger partial charge in [0.2, 0.25) is 0 Å². The van der Waals surface area contributed by atoms with E-state index in [-0.39, 0.29) is 18.2 Å². The van der Waals surface area contributed by atoms with E-state index in [1.807, 2.05) is 6.92 Å². The van der Waals surface area contributed by atoms with Gasteiger partial charge in [-0.2, -0.15) is 0 Å². The Morgan fingerprint density at radius 2 is 2.20 bits per heavy atom. The highest BCUT2D eigenvalue weighted by Crippen LogP contribution is 2.23. The summed E-state index contributed by atoms with van der Waals surface area (Å²) >= 11 is 5.96. The van der Waals surface area contributed by atoms with Crippen LogP contribution in [0.3, 0.4) is 0 Å². The third-order valence-electron chi connectivity index (χ3n) is 3.67. The first kappa shape index (κ1) is 14.9. The van der Waals surface area contributed by atoms with Gasteiger partial charge in [0.1, 0.15) is 0 Å². The summed E-state index contributed by atoms with van der Waals surface area (Å²) in [6, 6.07) is 5.23. The van der Waals surface area contributed by atoms with E-state index in [1.54, 1.807) is 23.1 Å². The molecule has 1 heterocycles. The molecule has 0 spiro atoms. The maximum absolute atomic E-state index is 12.4. The zero-order valence-corrected chi connectivity index (χ0v) is 12.2. The van der Waals surface area contributed by atoms with Crippen LogP contribution in [0.25, 0.3) is 0 Å². The summed E-state index contributed by atoms with van der Waals surface area (Å²) in [4.78, 5) is 25.0. The van der Waals surface area contributed by atoms with Crippen LogP contribution >= 0.6 is 11.6 Å². The number of amides is 1. The van der Waals surface area contributed by atoms with Gasteiger partial charge in [0.15, 0.2) is 0 Å². The first-order chi connectivity index (χ1) is 9.47. The molecular formula is C15H18ClNO3. The monoisotopic (exact) mass is 295 g/mol. The van der Waals surface area contributed by atoms with Crippen molar-refractivity contribution >= 4 is 23.5 Å². The smallest absolute Gasteiger partial charge is 0.303 e. The Hall–Kier alpha value is -1.55. The molecule has 1 aliphatic rings. The van der Waals surface area contributed by atoms with Gasteiger partial charge in [0.25, 0.3) is 5.91 Å². The van der Waals surface area contributed by atoms with Gasteiger partial charge in [-0.1, -0.05) is 11.6 Å². The van der Waals surface area contributed by atoms with Crippen molar-refractivity contribution in [2.45, 2.75) is 26.2 Å². The number of benzene rings is 1. The van der Waals surface area contributed by atoms with Crippen molar-refractivity contribution in [2.24, 2.45) is 5.92 Å². The van der Waals surface area contributed by atoms with E-state index in [1.165, 1.54) is 0 Å². The number of carboxylic acid groups (broad SMARTS) is 1. The zero-order valence-electron chi connectivity index (χ0n) is 11.4. The molecule has 1 amide bonds. The summed E-state index contributed by atoms with van der Waals surface area (Å²) in [5, 5.41) is 9.50. The predicted octanol–water partition coefficient (Wildman–Crippen LogP) is 2.98. The lowest BCUT2D eigenvalue weighted by molar-refractivity contribution is -0.138. The largest absolute Gasteiger partial charge is 0.481 e. The van der Waals surface area contributed by atoms with E-state index in [2.05, 4.69) is 0 Å². The fourth-order valence-corrected chi connectivity index (χ4v) is 2.74. The number of carboxylic acids is 1. The number of hydrogen-bond acceptors (Lipinski definition) is 2. The van der Waals surface area contributed by atoms with Crippen molar-refractivity contribution < 1.29 is 14.7 Å². The summed E-state index contributed by atoms with van der Waals surface area (Å²) in [5.74, 6) is -0.787. The molecule has 4 nitrogen and oxygen atoms in total. The highest BCUT2D eigenvalue weighted by Gasteiger charge is 2.26. The maximum Gasteiger partial charge on any atom is 0.303 e. The average molecular weight is 296 g/mol. The van der Waals surface area contributed by atoms with E-state index < -0.39 is 5.97 Å². The summed E-state index contributed by atoms with van der Waals surface area (Å²) in [5.41, 5.74) is 1.49. The topological polar surface area (TPSA) is 57.6 Å². The molecule has 20 heavy (non-hydrogen) atoms. The van der Waals surface area contributed by atoms with Crippen LogP contribution in [-0.2, 0) is 4.79 Å². The van der Waals surface area contributed by atoms with Gasteiger partial charge in [-0.3, -0.25) is 9.59 Å². The Morgan fingerprint density at radius 1 is 1.45 bits per heavy atom. The molecule has 5 heteroatoms. The van der Waals surface area contributed by atoms with Gasteiger partial charge >= 0.3 is 5.97 Å². The van der Waals surface area contributed by atoms with Crippen molar-refractivity contribution in [1.82, 2.24) is 4.90 Å². The molecule has 1 unspecified atom stereocenters. The summed E-state index contributed by atoms with van der Waals surface area (Å²) in [6.07, 6.45) is 1.86. The van der Waals surface area contributed by atoms with E-state index in [4.69, 9.17) is 16.7 Å². The van der Waals surface area contributed by atoms with Crippen LogP contribution in [0, 0.1) is 12.8 Å². The maximum atomic E-state index is 12.4. The lowest BCUT2D eigenvalue weighted by Crippen LogP contribution is -2.40. The van der Waals surface area contributed by atoms with Crippen LogP contribution in [0.15, 0.2) is 18.2 Å². The molecule has 1 saturated heterocycles. The Bertz CT molecular complexity index is 530. The second kappa shape index (κ2) is 6.27. The van der Waals surface area contributed by atoms with E-state index in [0.29, 0.717) is 23.7 Å². The number of rotatable bonds is 3. The number of halogens is 1. The Balaban J connectivity index is 2.08. The predicted molar refractivity (Wildman–Crippen MR) is 77.1 cm³/mol. The van der Waals surface area contributed by atoms with Gasteiger partial charge in [0, 0.05) is 30.1 Å². The second-order valence-corrected chi connectivity index (χ2v) is 5.73. The fraction of sp³-hybridized carbons (Fsp3) is 0.467. The standard InChI is InChI=1S/C15H18ClNO3/c1-10-7-12(4-5-13(10)16)15(20)17-6-2-3-11(9-17)8-14(18)19/h4-5,7,11H,2-3,6,8-9H2,1H3,(H,18,19). The molecule has 1 N–H and O–H groups in total. The number of hydrogen-bond donors (Lipinski definition) is 1. The highest BCUT2D eigenvalue weighted by atomic mass is 35.5. The summed E-state index contributed by atoms with van der Waals surface area (Å²) in [6.45, 7) is 3.08. The molecule has 0 aliphatic carbocycles. The summed E-state index contributed by atoms with van der Waals surface area (Å²) < 4.78 is 0. The second-order valence-electron chi connectivity index (χ2n) is 5.32. The number of likely N-dealkylation sites (tertiary alicyclic amines) is 1. The molecule has 0 aromatic heterocycles. The van der Waals surface area contributed by atoms with Gasteiger partial charge in [0.05, 0.1) is 0 Å². The van der Waals surface area contributed by atoms with Crippen LogP contribution < -0.4 is 0 Å². The van der Waals surface area contributed by atoms with E-state index >= 15 is 0 Å². The minimum Gasteiger partial charge on any atom is -0.481 e. The molecule has 1 aromatic carbocycles. The molecular weight excluding hydrogens is 278 g/mol. The van der Waals surface area contributed by atoms with Crippen LogP contribution in [0.4, 0.5) is 0 Å². The third kappa shape index (κ3) is 3.51. The number of aryl methyl sites for hydroxylation is 1. The fourth-order valence-electron chi connectivity index (χ4n) is 2.62. The number of nitrogens with zero attached hydrogens (tertiary/aromatic N) is 1. The minimum atomic E-state index is -0.799. The molecule has 1 aromatic rings. The molecule has 1 aliphatic heterocycles. The van der Waals surface area contributed by atoms with Crippen molar-refractivity contribution in [3.05, 3.63) is 34.3 Å². The van der Waals surface area contributed by atoms with Crippen LogP contribution in [-0.4, -0.2) is 35.0 Å². The van der Waals surface area contributed by atoms with E-state index in [9.17, 15) is 9.59 Å². The lowest BCUT2D eigenvalue weighted by atomic mass is 9.94. The number of carbonyl (C=O) groups excluding carboxylic acids is 1. The van der Waals surface area contributed by atoms with Crippen LogP contribution in [0.1, 0.15) is 35.2 Å². The Kier molecular flexibility index (Phi) is 4.65. The molecule has 108 valence electrons. The number of carbonyl (C=O) groups is 2. The molecule has 0 radical (unpaired) electrons. The van der Waals surface area contributed by atoms with Crippen molar-refractivity contribution in [2.75, 3.05) is 13.1 Å². The molecule has 1 fully saturated rings. The highest BCUT2D eigenvalue weighted by molar-refractivity contribution is 6.31. The summed E-state index contributed by atoms with van der Waals surface area (Å²) in [7, 11) is 0. The van der Waals surface area contributed by atoms with Gasteiger partial charge in [-0.25, -0.2) is 0 Å². The first-order valence-electron chi connectivity index (χ1n) is 6.74. The van der Waals surface area contributed by atoms with Gasteiger partial charge in [-0.15, -0.1) is 0 Å². The molecule has 2 rings (SSSR count). The normalized spacial score (nSPS) is 18.9. The third-order valence-corrected chi connectivity index (χ3v) is 4.10. The van der Waals surface area contributed by atoms with Crippen LogP contribution in [0.5, 0.6) is 0 Å². The Morgan fingerprint density at radius 3 is 2.85 bits per heavy atom. The van der Waals surface area contributed by atoms with Crippen molar-refractivity contribution in [1.29, 1.82) is 0 Å². The SMILES string of the molecule is Cc1cc(C(=O)N2CCCC(CC(=O)O)C2)ccc1Cl. The average Bonchev–Trinajstić information content (AvgIpc) is 2.40. The van der Waals surface area contributed by atoms with Gasteiger partial charge < -0.3 is 10.0 Å². The van der Waals surface area contributed by atoms with Crippen molar-refractivity contribution in [3.8, 4) is 0 Å². The molecule has 0 bridgehead atoms. The number of piperidine rings is 1. The minimum absolute atomic E-state index is 0.0418. The Labute approximate surface area is 123 Å². The zero-order chi connectivity index (χ0) is 14.7. The van der Waals surface area contributed by atoms with E-state index in [0.717, 1.165) is 18.4 Å². The number of aliphatic carboxylic acids is 1. The molecule has 0 saturated carbocycles. The lowest BCUT2D eigenvalue weighted by Gasteiger charge is -2.32. The molecule has 1 atom stereocenters. The van der Waals surface area contributed by atoms with Gasteiger partial charge in [-0.05, 0) is 49.4 Å².